The van der Waals surface area contributed by atoms with Gasteiger partial charge in [0, 0.05) is 6.54 Å². The molecule has 19 heavy (non-hydrogen) atoms. The SMILES string of the molecule is S=c1[nH]c2cc(Cl)c(Cl)cc2n1CCC1CCCC1. The molecule has 1 saturated carbocycles. The standard InChI is InChI=1S/C14H16Cl2N2S/c15-10-7-12-13(8-11(10)16)18(14(19)17-12)6-5-9-3-1-2-4-9/h7-9H,1-6H2,(H,17,19). The van der Waals surface area contributed by atoms with Gasteiger partial charge in [-0.2, -0.15) is 0 Å². The zero-order chi connectivity index (χ0) is 13.4. The smallest absolute Gasteiger partial charge is 0.178 e. The lowest BCUT2D eigenvalue weighted by atomic mass is 10.0. The van der Waals surface area contributed by atoms with E-state index in [9.17, 15) is 0 Å². The van der Waals surface area contributed by atoms with E-state index < -0.39 is 0 Å². The second kappa shape index (κ2) is 5.47. The predicted octanol–water partition coefficient (Wildman–Crippen LogP) is 5.59. The first-order valence-electron chi connectivity index (χ1n) is 6.72. The molecular weight excluding hydrogens is 299 g/mol. The first-order valence-corrected chi connectivity index (χ1v) is 7.89. The molecule has 1 heterocycles. The van der Waals surface area contributed by atoms with Crippen LogP contribution < -0.4 is 0 Å². The molecule has 2 nitrogen and oxygen atoms in total. The summed E-state index contributed by atoms with van der Waals surface area (Å²) in [5.41, 5.74) is 2.02. The monoisotopic (exact) mass is 314 g/mol. The molecule has 0 spiro atoms. The number of aromatic nitrogens is 2. The van der Waals surface area contributed by atoms with Crippen LogP contribution in [0.15, 0.2) is 12.1 Å². The number of H-pyrrole nitrogens is 1. The van der Waals surface area contributed by atoms with Gasteiger partial charge >= 0.3 is 0 Å². The minimum atomic E-state index is 0.563. The van der Waals surface area contributed by atoms with Crippen molar-refractivity contribution in [3.8, 4) is 0 Å². The molecule has 0 amide bonds. The van der Waals surface area contributed by atoms with Crippen molar-refractivity contribution in [2.75, 3.05) is 0 Å². The Morgan fingerprint density at radius 3 is 2.63 bits per heavy atom. The highest BCUT2D eigenvalue weighted by molar-refractivity contribution is 7.71. The van der Waals surface area contributed by atoms with Crippen molar-refractivity contribution in [1.82, 2.24) is 9.55 Å². The highest BCUT2D eigenvalue weighted by Crippen LogP contribution is 2.30. The van der Waals surface area contributed by atoms with Gasteiger partial charge in [-0.3, -0.25) is 0 Å². The van der Waals surface area contributed by atoms with Crippen LogP contribution in [0.3, 0.4) is 0 Å². The van der Waals surface area contributed by atoms with Gasteiger partial charge in [-0.1, -0.05) is 48.9 Å². The maximum Gasteiger partial charge on any atom is 0.178 e. The molecule has 0 bridgehead atoms. The van der Waals surface area contributed by atoms with E-state index in [-0.39, 0.29) is 0 Å². The summed E-state index contributed by atoms with van der Waals surface area (Å²) in [5.74, 6) is 0.856. The molecule has 1 aliphatic rings. The first-order chi connectivity index (χ1) is 9.15. The highest BCUT2D eigenvalue weighted by atomic mass is 35.5. The van der Waals surface area contributed by atoms with Crippen LogP contribution >= 0.6 is 35.4 Å². The molecule has 0 saturated heterocycles. The molecule has 3 rings (SSSR count). The summed E-state index contributed by atoms with van der Waals surface area (Å²) in [6, 6.07) is 3.75. The largest absolute Gasteiger partial charge is 0.331 e. The Morgan fingerprint density at radius 2 is 1.89 bits per heavy atom. The van der Waals surface area contributed by atoms with Gasteiger partial charge in [-0.15, -0.1) is 0 Å². The minimum Gasteiger partial charge on any atom is -0.331 e. The predicted molar refractivity (Wildman–Crippen MR) is 83.7 cm³/mol. The number of benzene rings is 1. The molecule has 1 aromatic heterocycles. The van der Waals surface area contributed by atoms with Crippen molar-refractivity contribution in [3.05, 3.63) is 26.9 Å². The summed E-state index contributed by atoms with van der Waals surface area (Å²) >= 11 is 17.5. The third-order valence-corrected chi connectivity index (χ3v) is 5.10. The van der Waals surface area contributed by atoms with E-state index in [2.05, 4.69) is 9.55 Å². The molecule has 0 radical (unpaired) electrons. The van der Waals surface area contributed by atoms with Crippen molar-refractivity contribution in [2.45, 2.75) is 38.6 Å². The number of hydrogen-bond acceptors (Lipinski definition) is 1. The van der Waals surface area contributed by atoms with Crippen LogP contribution in [0.4, 0.5) is 0 Å². The number of aryl methyl sites for hydroxylation is 1. The summed E-state index contributed by atoms with van der Waals surface area (Å²) in [4.78, 5) is 3.21. The van der Waals surface area contributed by atoms with E-state index in [1.807, 2.05) is 12.1 Å². The van der Waals surface area contributed by atoms with Crippen molar-refractivity contribution in [2.24, 2.45) is 5.92 Å². The van der Waals surface area contributed by atoms with E-state index in [0.29, 0.717) is 10.0 Å². The van der Waals surface area contributed by atoms with Crippen LogP contribution in [-0.2, 0) is 6.54 Å². The Labute approximate surface area is 127 Å². The Morgan fingerprint density at radius 1 is 1.21 bits per heavy atom. The second-order valence-corrected chi connectivity index (χ2v) is 6.51. The van der Waals surface area contributed by atoms with Gasteiger partial charge in [-0.05, 0) is 36.7 Å². The van der Waals surface area contributed by atoms with Crippen molar-refractivity contribution in [3.63, 3.8) is 0 Å². The van der Waals surface area contributed by atoms with Gasteiger partial charge in [0.15, 0.2) is 4.77 Å². The van der Waals surface area contributed by atoms with E-state index in [1.165, 1.54) is 32.1 Å². The molecule has 1 fully saturated rings. The third kappa shape index (κ3) is 2.69. The summed E-state index contributed by atoms with van der Waals surface area (Å²) < 4.78 is 2.90. The molecule has 5 heteroatoms. The van der Waals surface area contributed by atoms with Crippen molar-refractivity contribution < 1.29 is 0 Å². The van der Waals surface area contributed by atoms with Crippen molar-refractivity contribution >= 4 is 46.5 Å². The van der Waals surface area contributed by atoms with E-state index in [1.54, 1.807) is 0 Å². The fourth-order valence-electron chi connectivity index (χ4n) is 2.98. The molecule has 0 aliphatic heterocycles. The van der Waals surface area contributed by atoms with E-state index in [4.69, 9.17) is 35.4 Å². The lowest BCUT2D eigenvalue weighted by molar-refractivity contribution is 0.461. The topological polar surface area (TPSA) is 20.7 Å². The van der Waals surface area contributed by atoms with Gasteiger partial charge in [0.2, 0.25) is 0 Å². The zero-order valence-electron chi connectivity index (χ0n) is 10.6. The Hall–Kier alpha value is -0.510. The number of rotatable bonds is 3. The maximum absolute atomic E-state index is 6.10. The Balaban J connectivity index is 1.91. The molecule has 1 aromatic carbocycles. The van der Waals surface area contributed by atoms with E-state index in [0.717, 1.165) is 28.3 Å². The molecule has 2 aromatic rings. The van der Waals surface area contributed by atoms with Gasteiger partial charge in [0.1, 0.15) is 0 Å². The Bertz CT molecular complexity index is 653. The average Bonchev–Trinajstić information content (AvgIpc) is 2.96. The fraction of sp³-hybridized carbons (Fsp3) is 0.500. The number of halogens is 2. The number of nitrogens with one attached hydrogen (secondary N) is 1. The number of nitrogens with zero attached hydrogens (tertiary/aromatic N) is 1. The number of imidazole rings is 1. The normalized spacial score (nSPS) is 16.5. The Kier molecular flexibility index (Phi) is 3.88. The van der Waals surface area contributed by atoms with Gasteiger partial charge in [-0.25, -0.2) is 0 Å². The van der Waals surface area contributed by atoms with Crippen LogP contribution in [0.25, 0.3) is 11.0 Å². The van der Waals surface area contributed by atoms with Crippen LogP contribution in [0.1, 0.15) is 32.1 Å². The minimum absolute atomic E-state index is 0.563. The maximum atomic E-state index is 6.10. The van der Waals surface area contributed by atoms with Gasteiger partial charge in [0.25, 0.3) is 0 Å². The quantitative estimate of drug-likeness (QED) is 0.733. The van der Waals surface area contributed by atoms with Crippen LogP contribution in [-0.4, -0.2) is 9.55 Å². The van der Waals surface area contributed by atoms with Gasteiger partial charge < -0.3 is 9.55 Å². The number of hydrogen-bond donors (Lipinski definition) is 1. The molecule has 0 unspecified atom stereocenters. The molecule has 0 atom stereocenters. The summed E-state index contributed by atoms with van der Waals surface area (Å²) in [5, 5.41) is 1.14. The van der Waals surface area contributed by atoms with Gasteiger partial charge in [0.05, 0.1) is 21.1 Å². The lowest BCUT2D eigenvalue weighted by Crippen LogP contribution is -2.03. The molecule has 1 aliphatic carbocycles. The van der Waals surface area contributed by atoms with Crippen LogP contribution in [0.5, 0.6) is 0 Å². The van der Waals surface area contributed by atoms with E-state index >= 15 is 0 Å². The fourth-order valence-corrected chi connectivity index (χ4v) is 3.61. The van der Waals surface area contributed by atoms with Crippen LogP contribution in [0, 0.1) is 10.7 Å². The average molecular weight is 315 g/mol. The third-order valence-electron chi connectivity index (χ3n) is 4.05. The molecule has 1 N–H and O–H groups in total. The second-order valence-electron chi connectivity index (χ2n) is 5.30. The molecular formula is C14H16Cl2N2S. The zero-order valence-corrected chi connectivity index (χ0v) is 12.9. The first kappa shape index (κ1) is 13.5. The van der Waals surface area contributed by atoms with Crippen molar-refractivity contribution in [1.29, 1.82) is 0 Å². The summed E-state index contributed by atoms with van der Waals surface area (Å²) in [7, 11) is 0. The van der Waals surface area contributed by atoms with Crippen LogP contribution in [0.2, 0.25) is 10.0 Å². The summed E-state index contributed by atoms with van der Waals surface area (Å²) in [6.45, 7) is 0.960. The number of fused-ring (bicyclic) bond motifs is 1. The summed E-state index contributed by atoms with van der Waals surface area (Å²) in [6.07, 6.45) is 6.68. The number of aromatic amines is 1. The lowest BCUT2D eigenvalue weighted by Gasteiger charge is -2.10. The molecule has 102 valence electrons. The highest BCUT2D eigenvalue weighted by Gasteiger charge is 2.16.